The molecule has 3 nitrogen and oxygen atoms in total. The maximum Gasteiger partial charge on any atom is 0.183 e. The SMILES string of the molecule is CN1CCCC(CNc2nc(-c3ccccc3)cs2)C1. The first kappa shape index (κ1) is 13.6. The van der Waals surface area contributed by atoms with Crippen LogP contribution in [0.25, 0.3) is 11.3 Å². The Kier molecular flexibility index (Phi) is 4.33. The van der Waals surface area contributed by atoms with E-state index >= 15 is 0 Å². The van der Waals surface area contributed by atoms with Gasteiger partial charge in [0.15, 0.2) is 5.13 Å². The molecule has 2 aromatic rings. The van der Waals surface area contributed by atoms with Crippen molar-refractivity contribution in [2.75, 3.05) is 32.0 Å². The molecule has 1 atom stereocenters. The topological polar surface area (TPSA) is 28.2 Å². The van der Waals surface area contributed by atoms with Gasteiger partial charge >= 0.3 is 0 Å². The summed E-state index contributed by atoms with van der Waals surface area (Å²) in [5.41, 5.74) is 2.26. The fourth-order valence-electron chi connectivity index (χ4n) is 2.77. The van der Waals surface area contributed by atoms with Crippen LogP contribution in [0.15, 0.2) is 35.7 Å². The van der Waals surface area contributed by atoms with Gasteiger partial charge in [0.25, 0.3) is 0 Å². The second-order valence-corrected chi connectivity index (χ2v) is 6.41. The van der Waals surface area contributed by atoms with E-state index in [4.69, 9.17) is 0 Å². The molecular weight excluding hydrogens is 266 g/mol. The van der Waals surface area contributed by atoms with Crippen molar-refractivity contribution in [2.24, 2.45) is 5.92 Å². The molecule has 1 fully saturated rings. The van der Waals surface area contributed by atoms with E-state index in [9.17, 15) is 0 Å². The van der Waals surface area contributed by atoms with Crippen molar-refractivity contribution >= 4 is 16.5 Å². The molecule has 2 heterocycles. The quantitative estimate of drug-likeness (QED) is 0.932. The van der Waals surface area contributed by atoms with E-state index in [2.05, 4.69) is 51.9 Å². The number of nitrogens with one attached hydrogen (secondary N) is 1. The molecule has 0 saturated carbocycles. The van der Waals surface area contributed by atoms with Gasteiger partial charge in [0.05, 0.1) is 5.69 Å². The zero-order valence-corrected chi connectivity index (χ0v) is 12.7. The number of thiazole rings is 1. The van der Waals surface area contributed by atoms with Crippen LogP contribution in [0.5, 0.6) is 0 Å². The van der Waals surface area contributed by atoms with Gasteiger partial charge < -0.3 is 10.2 Å². The highest BCUT2D eigenvalue weighted by molar-refractivity contribution is 7.14. The molecule has 4 heteroatoms. The summed E-state index contributed by atoms with van der Waals surface area (Å²) >= 11 is 1.70. The summed E-state index contributed by atoms with van der Waals surface area (Å²) in [5.74, 6) is 0.748. The van der Waals surface area contributed by atoms with E-state index in [1.54, 1.807) is 11.3 Å². The Labute approximate surface area is 124 Å². The summed E-state index contributed by atoms with van der Waals surface area (Å²) < 4.78 is 0. The monoisotopic (exact) mass is 287 g/mol. The van der Waals surface area contributed by atoms with E-state index in [0.29, 0.717) is 0 Å². The van der Waals surface area contributed by atoms with Crippen LogP contribution in [-0.4, -0.2) is 36.6 Å². The number of hydrogen-bond acceptors (Lipinski definition) is 4. The van der Waals surface area contributed by atoms with Crippen LogP contribution in [0, 0.1) is 5.92 Å². The van der Waals surface area contributed by atoms with Crippen LogP contribution >= 0.6 is 11.3 Å². The lowest BCUT2D eigenvalue weighted by molar-refractivity contribution is 0.217. The van der Waals surface area contributed by atoms with Crippen molar-refractivity contribution in [3.05, 3.63) is 35.7 Å². The van der Waals surface area contributed by atoms with E-state index < -0.39 is 0 Å². The molecule has 1 aliphatic heterocycles. The largest absolute Gasteiger partial charge is 0.361 e. The Morgan fingerprint density at radius 2 is 2.20 bits per heavy atom. The molecule has 1 aliphatic rings. The molecule has 3 rings (SSSR count). The lowest BCUT2D eigenvalue weighted by Gasteiger charge is -2.29. The number of piperidine rings is 1. The van der Waals surface area contributed by atoms with Crippen molar-refractivity contribution in [2.45, 2.75) is 12.8 Å². The maximum atomic E-state index is 4.68. The number of hydrogen-bond donors (Lipinski definition) is 1. The normalized spacial score (nSPS) is 19.9. The Hall–Kier alpha value is -1.39. The first-order chi connectivity index (χ1) is 9.81. The standard InChI is InChI=1S/C16H21N3S/c1-19-9-5-6-13(11-19)10-17-16-18-15(12-20-16)14-7-3-2-4-8-14/h2-4,7-8,12-13H,5-6,9-11H2,1H3,(H,17,18). The highest BCUT2D eigenvalue weighted by Crippen LogP contribution is 2.25. The Morgan fingerprint density at radius 3 is 3.00 bits per heavy atom. The zero-order valence-electron chi connectivity index (χ0n) is 11.9. The van der Waals surface area contributed by atoms with Gasteiger partial charge in [-0.25, -0.2) is 4.98 Å². The minimum atomic E-state index is 0.748. The van der Waals surface area contributed by atoms with Crippen LogP contribution in [-0.2, 0) is 0 Å². The predicted molar refractivity (Wildman–Crippen MR) is 86.3 cm³/mol. The highest BCUT2D eigenvalue weighted by Gasteiger charge is 2.17. The average Bonchev–Trinajstić information content (AvgIpc) is 2.95. The number of likely N-dealkylation sites (tertiary alicyclic amines) is 1. The van der Waals surface area contributed by atoms with Gasteiger partial charge in [0.2, 0.25) is 0 Å². The lowest BCUT2D eigenvalue weighted by atomic mass is 9.99. The third kappa shape index (κ3) is 3.38. The smallest absolute Gasteiger partial charge is 0.183 e. The fourth-order valence-corrected chi connectivity index (χ4v) is 3.50. The molecule has 0 bridgehead atoms. The predicted octanol–water partition coefficient (Wildman–Crippen LogP) is 3.56. The van der Waals surface area contributed by atoms with Gasteiger partial charge in [-0.3, -0.25) is 0 Å². The molecule has 0 radical (unpaired) electrons. The Bertz CT molecular complexity index is 538. The zero-order chi connectivity index (χ0) is 13.8. The summed E-state index contributed by atoms with van der Waals surface area (Å²) in [6.07, 6.45) is 2.64. The molecule has 0 aliphatic carbocycles. The van der Waals surface area contributed by atoms with Crippen LogP contribution in [0.2, 0.25) is 0 Å². The van der Waals surface area contributed by atoms with Crippen LogP contribution < -0.4 is 5.32 Å². The van der Waals surface area contributed by atoms with Crippen molar-refractivity contribution in [1.29, 1.82) is 0 Å². The molecule has 1 N–H and O–H groups in total. The lowest BCUT2D eigenvalue weighted by Crippen LogP contribution is -2.35. The van der Waals surface area contributed by atoms with E-state index in [1.807, 2.05) is 6.07 Å². The summed E-state index contributed by atoms with van der Waals surface area (Å²) in [4.78, 5) is 7.10. The minimum Gasteiger partial charge on any atom is -0.361 e. The van der Waals surface area contributed by atoms with Crippen LogP contribution in [0.3, 0.4) is 0 Å². The number of rotatable bonds is 4. The van der Waals surface area contributed by atoms with E-state index in [0.717, 1.165) is 23.3 Å². The van der Waals surface area contributed by atoms with E-state index in [-0.39, 0.29) is 0 Å². The molecular formula is C16H21N3S. The maximum absolute atomic E-state index is 4.68. The Morgan fingerprint density at radius 1 is 1.35 bits per heavy atom. The average molecular weight is 287 g/mol. The van der Waals surface area contributed by atoms with Gasteiger partial charge in [0.1, 0.15) is 0 Å². The van der Waals surface area contributed by atoms with Gasteiger partial charge in [0, 0.05) is 24.0 Å². The molecule has 20 heavy (non-hydrogen) atoms. The number of nitrogens with zero attached hydrogens (tertiary/aromatic N) is 2. The Balaban J connectivity index is 1.58. The van der Waals surface area contributed by atoms with Crippen molar-refractivity contribution in [3.8, 4) is 11.3 Å². The third-order valence-corrected chi connectivity index (χ3v) is 4.64. The fraction of sp³-hybridized carbons (Fsp3) is 0.438. The van der Waals surface area contributed by atoms with Gasteiger partial charge in [-0.2, -0.15) is 0 Å². The van der Waals surface area contributed by atoms with Gasteiger partial charge in [-0.05, 0) is 32.4 Å². The van der Waals surface area contributed by atoms with Crippen molar-refractivity contribution in [3.63, 3.8) is 0 Å². The molecule has 106 valence electrons. The summed E-state index contributed by atoms with van der Waals surface area (Å²) in [6, 6.07) is 10.4. The first-order valence-electron chi connectivity index (χ1n) is 7.24. The third-order valence-electron chi connectivity index (χ3n) is 3.84. The molecule has 0 amide bonds. The van der Waals surface area contributed by atoms with Crippen LogP contribution in [0.1, 0.15) is 12.8 Å². The van der Waals surface area contributed by atoms with Crippen LogP contribution in [0.4, 0.5) is 5.13 Å². The molecule has 1 aromatic carbocycles. The van der Waals surface area contributed by atoms with Gasteiger partial charge in [-0.15, -0.1) is 11.3 Å². The summed E-state index contributed by atoms with van der Waals surface area (Å²) in [6.45, 7) is 3.47. The van der Waals surface area contributed by atoms with Gasteiger partial charge in [-0.1, -0.05) is 30.3 Å². The molecule has 1 saturated heterocycles. The summed E-state index contributed by atoms with van der Waals surface area (Å²) in [7, 11) is 2.21. The molecule has 0 spiro atoms. The molecule has 1 aromatic heterocycles. The molecule has 1 unspecified atom stereocenters. The highest BCUT2D eigenvalue weighted by atomic mass is 32.1. The van der Waals surface area contributed by atoms with Crippen molar-refractivity contribution in [1.82, 2.24) is 9.88 Å². The van der Waals surface area contributed by atoms with Crippen molar-refractivity contribution < 1.29 is 0 Å². The summed E-state index contributed by atoms with van der Waals surface area (Å²) in [5, 5.41) is 6.67. The number of anilines is 1. The first-order valence-corrected chi connectivity index (χ1v) is 8.12. The second kappa shape index (κ2) is 6.37. The number of aromatic nitrogens is 1. The minimum absolute atomic E-state index is 0.748. The number of benzene rings is 1. The second-order valence-electron chi connectivity index (χ2n) is 5.56. The van der Waals surface area contributed by atoms with E-state index in [1.165, 1.54) is 31.5 Å².